The van der Waals surface area contributed by atoms with Crippen molar-refractivity contribution in [3.63, 3.8) is 0 Å². The second kappa shape index (κ2) is 4.58. The summed E-state index contributed by atoms with van der Waals surface area (Å²) in [5.41, 5.74) is 0. The lowest BCUT2D eigenvalue weighted by Gasteiger charge is -2.29. The molecule has 0 aliphatic carbocycles. The summed E-state index contributed by atoms with van der Waals surface area (Å²) in [5.74, 6) is 0. The average molecular weight is 249 g/mol. The van der Waals surface area contributed by atoms with Crippen molar-refractivity contribution >= 4 is 16.1 Å². The predicted molar refractivity (Wildman–Crippen MR) is 61.4 cm³/mol. The summed E-state index contributed by atoms with van der Waals surface area (Å²) in [5, 5.41) is -0.711. The molecule has 6 nitrogen and oxygen atoms in total. The van der Waals surface area contributed by atoms with Gasteiger partial charge in [-0.1, -0.05) is 0 Å². The maximum absolute atomic E-state index is 12.0. The van der Waals surface area contributed by atoms with Gasteiger partial charge >= 0.3 is 6.03 Å². The van der Waals surface area contributed by atoms with Crippen LogP contribution in [0.4, 0.5) is 4.79 Å². The van der Waals surface area contributed by atoms with E-state index in [4.69, 9.17) is 0 Å². The van der Waals surface area contributed by atoms with E-state index in [0.717, 1.165) is 6.42 Å². The average Bonchev–Trinajstić information content (AvgIpc) is 2.64. The van der Waals surface area contributed by atoms with Crippen LogP contribution in [0.1, 0.15) is 12.8 Å². The Labute approximate surface area is 96.9 Å². The van der Waals surface area contributed by atoms with Crippen LogP contribution in [-0.2, 0) is 10.0 Å². The Morgan fingerprint density at radius 1 is 1.25 bits per heavy atom. The number of urea groups is 1. The first-order chi connectivity index (χ1) is 7.28. The summed E-state index contributed by atoms with van der Waals surface area (Å²) in [6.45, 7) is 0.509. The lowest BCUT2D eigenvalue weighted by molar-refractivity contribution is 0.176. The minimum atomic E-state index is -3.39. The molecule has 0 bridgehead atoms. The molecule has 1 aliphatic heterocycles. The first-order valence-corrected chi connectivity index (χ1v) is 6.68. The van der Waals surface area contributed by atoms with E-state index in [-0.39, 0.29) is 6.03 Å². The fourth-order valence-electron chi connectivity index (χ4n) is 1.76. The molecule has 0 aromatic heterocycles. The molecular formula is C9H19N3O3S. The van der Waals surface area contributed by atoms with E-state index in [9.17, 15) is 13.2 Å². The first kappa shape index (κ1) is 13.2. The van der Waals surface area contributed by atoms with Crippen LogP contribution in [0.25, 0.3) is 0 Å². The van der Waals surface area contributed by atoms with Crippen molar-refractivity contribution in [3.05, 3.63) is 0 Å². The van der Waals surface area contributed by atoms with Crippen LogP contribution in [0.2, 0.25) is 0 Å². The summed E-state index contributed by atoms with van der Waals surface area (Å²) in [4.78, 5) is 14.6. The van der Waals surface area contributed by atoms with Gasteiger partial charge in [-0.05, 0) is 12.8 Å². The van der Waals surface area contributed by atoms with Crippen LogP contribution in [0, 0.1) is 0 Å². The molecule has 2 amide bonds. The molecule has 1 saturated heterocycles. The van der Waals surface area contributed by atoms with Gasteiger partial charge in [-0.15, -0.1) is 0 Å². The molecule has 0 spiro atoms. The third kappa shape index (κ3) is 2.30. The lowest BCUT2D eigenvalue weighted by Crippen LogP contribution is -2.48. The third-order valence-corrected chi connectivity index (χ3v) is 4.87. The Morgan fingerprint density at radius 3 is 2.25 bits per heavy atom. The number of hydrogen-bond acceptors (Lipinski definition) is 3. The quantitative estimate of drug-likeness (QED) is 0.691. The van der Waals surface area contributed by atoms with Gasteiger partial charge in [0.25, 0.3) is 0 Å². The molecule has 16 heavy (non-hydrogen) atoms. The molecule has 0 aromatic carbocycles. The third-order valence-electron chi connectivity index (χ3n) is 2.68. The molecule has 0 aromatic rings. The van der Waals surface area contributed by atoms with Gasteiger partial charge in [0.05, 0.1) is 0 Å². The zero-order chi connectivity index (χ0) is 12.5. The molecule has 0 N–H and O–H groups in total. The van der Waals surface area contributed by atoms with E-state index in [1.54, 1.807) is 14.1 Å². The zero-order valence-electron chi connectivity index (χ0n) is 10.2. The minimum absolute atomic E-state index is 0.243. The van der Waals surface area contributed by atoms with Crippen LogP contribution in [0.3, 0.4) is 0 Å². The summed E-state index contributed by atoms with van der Waals surface area (Å²) >= 11 is 0. The predicted octanol–water partition coefficient (Wildman–Crippen LogP) is -0.0187. The highest BCUT2D eigenvalue weighted by Gasteiger charge is 2.39. The minimum Gasteiger partial charge on any atom is -0.331 e. The number of carbonyl (C=O) groups excluding carboxylic acids is 1. The van der Waals surface area contributed by atoms with Crippen LogP contribution in [-0.4, -0.2) is 68.7 Å². The molecule has 1 fully saturated rings. The number of rotatable bonds is 2. The van der Waals surface area contributed by atoms with Crippen molar-refractivity contribution in [2.45, 2.75) is 18.2 Å². The summed E-state index contributed by atoms with van der Waals surface area (Å²) < 4.78 is 25.1. The van der Waals surface area contributed by atoms with E-state index in [2.05, 4.69) is 0 Å². The van der Waals surface area contributed by atoms with E-state index in [0.29, 0.717) is 13.0 Å². The van der Waals surface area contributed by atoms with Gasteiger partial charge in [0.15, 0.2) is 0 Å². The Balaban J connectivity index is 2.94. The Hall–Kier alpha value is -0.820. The Morgan fingerprint density at radius 2 is 1.81 bits per heavy atom. The fourth-order valence-corrected chi connectivity index (χ4v) is 3.23. The number of carbonyl (C=O) groups is 1. The molecule has 1 rings (SSSR count). The van der Waals surface area contributed by atoms with Gasteiger partial charge in [-0.2, -0.15) is 0 Å². The van der Waals surface area contributed by atoms with Crippen molar-refractivity contribution < 1.29 is 13.2 Å². The fraction of sp³-hybridized carbons (Fsp3) is 0.889. The van der Waals surface area contributed by atoms with Gasteiger partial charge < -0.3 is 9.80 Å². The molecule has 7 heteroatoms. The number of likely N-dealkylation sites (tertiary alicyclic amines) is 1. The van der Waals surface area contributed by atoms with E-state index in [1.807, 2.05) is 0 Å². The highest BCUT2D eigenvalue weighted by Crippen LogP contribution is 2.24. The number of sulfonamides is 1. The van der Waals surface area contributed by atoms with Crippen LogP contribution in [0.15, 0.2) is 0 Å². The summed E-state index contributed by atoms with van der Waals surface area (Å²) in [6.07, 6.45) is 1.25. The normalized spacial score (nSPS) is 21.6. The van der Waals surface area contributed by atoms with Crippen molar-refractivity contribution in [2.24, 2.45) is 0 Å². The van der Waals surface area contributed by atoms with E-state index < -0.39 is 15.4 Å². The topological polar surface area (TPSA) is 60.9 Å². The second-order valence-electron chi connectivity index (χ2n) is 4.29. The lowest BCUT2D eigenvalue weighted by atomic mass is 10.4. The zero-order valence-corrected chi connectivity index (χ0v) is 11.0. The van der Waals surface area contributed by atoms with Crippen molar-refractivity contribution in [3.8, 4) is 0 Å². The largest absolute Gasteiger partial charge is 0.331 e. The maximum Gasteiger partial charge on any atom is 0.320 e. The standard InChI is InChI=1S/C9H19N3O3S/c1-10(2)9(13)12-7-5-6-8(12)16(14,15)11(3)4/h8H,5-7H2,1-4H3/t8-/m1/s1. The van der Waals surface area contributed by atoms with Gasteiger partial charge in [0, 0.05) is 34.7 Å². The SMILES string of the molecule is CN(C)C(=O)N1CCC[C@H]1S(=O)(=O)N(C)C. The van der Waals surface area contributed by atoms with Gasteiger partial charge in [0.1, 0.15) is 5.37 Å². The number of amides is 2. The second-order valence-corrected chi connectivity index (χ2v) is 6.60. The van der Waals surface area contributed by atoms with Crippen molar-refractivity contribution in [1.29, 1.82) is 0 Å². The van der Waals surface area contributed by atoms with E-state index in [1.165, 1.54) is 28.2 Å². The smallest absolute Gasteiger partial charge is 0.320 e. The maximum atomic E-state index is 12.0. The Kier molecular flexibility index (Phi) is 3.80. The van der Waals surface area contributed by atoms with Crippen LogP contribution < -0.4 is 0 Å². The molecular weight excluding hydrogens is 230 g/mol. The molecule has 1 aliphatic rings. The van der Waals surface area contributed by atoms with Crippen molar-refractivity contribution in [2.75, 3.05) is 34.7 Å². The number of hydrogen-bond donors (Lipinski definition) is 0. The highest BCUT2D eigenvalue weighted by molar-refractivity contribution is 7.89. The van der Waals surface area contributed by atoms with Crippen LogP contribution >= 0.6 is 0 Å². The van der Waals surface area contributed by atoms with Crippen LogP contribution in [0.5, 0.6) is 0 Å². The van der Waals surface area contributed by atoms with Gasteiger partial charge in [-0.25, -0.2) is 17.5 Å². The highest BCUT2D eigenvalue weighted by atomic mass is 32.2. The van der Waals surface area contributed by atoms with Gasteiger partial charge in [0.2, 0.25) is 10.0 Å². The molecule has 1 heterocycles. The summed E-state index contributed by atoms with van der Waals surface area (Å²) in [6, 6.07) is -0.243. The van der Waals surface area contributed by atoms with E-state index >= 15 is 0 Å². The number of nitrogens with zero attached hydrogens (tertiary/aromatic N) is 3. The van der Waals surface area contributed by atoms with Crippen molar-refractivity contribution in [1.82, 2.24) is 14.1 Å². The van der Waals surface area contributed by atoms with Gasteiger partial charge in [-0.3, -0.25) is 0 Å². The summed E-state index contributed by atoms with van der Waals surface area (Å²) in [7, 11) is 2.84. The first-order valence-electron chi connectivity index (χ1n) is 5.17. The molecule has 94 valence electrons. The molecule has 0 unspecified atom stereocenters. The molecule has 1 atom stereocenters. The Bertz CT molecular complexity index is 364. The molecule has 0 radical (unpaired) electrons. The molecule has 0 saturated carbocycles. The monoisotopic (exact) mass is 249 g/mol.